The summed E-state index contributed by atoms with van der Waals surface area (Å²) in [6.07, 6.45) is 4.05. The SMILES string of the molecule is Cc1cccc(-c2nn(C(c3ccccc3)(c3ccccc3)c3ccccc3)cc2-c2ccnc(-c3ccc(Br)cc3)c2)n1. The van der Waals surface area contributed by atoms with Crippen molar-refractivity contribution in [3.8, 4) is 33.8 Å². The van der Waals surface area contributed by atoms with E-state index in [1.807, 2.05) is 43.5 Å². The number of nitrogens with zero attached hydrogens (tertiary/aromatic N) is 4. The highest BCUT2D eigenvalue weighted by molar-refractivity contribution is 9.10. The molecule has 0 aliphatic carbocycles. The average molecular weight is 634 g/mol. The van der Waals surface area contributed by atoms with Crippen LogP contribution in [0.3, 0.4) is 0 Å². The van der Waals surface area contributed by atoms with Crippen molar-refractivity contribution in [2.75, 3.05) is 0 Å². The lowest BCUT2D eigenvalue weighted by Gasteiger charge is -2.36. The Morgan fingerprint density at radius 2 is 1.18 bits per heavy atom. The van der Waals surface area contributed by atoms with E-state index in [0.717, 1.165) is 60.6 Å². The van der Waals surface area contributed by atoms with E-state index in [1.165, 1.54) is 0 Å². The summed E-state index contributed by atoms with van der Waals surface area (Å²) >= 11 is 3.55. The maximum atomic E-state index is 5.44. The van der Waals surface area contributed by atoms with Crippen LogP contribution in [0.2, 0.25) is 0 Å². The second kappa shape index (κ2) is 11.9. The Kier molecular flexibility index (Phi) is 7.47. The molecule has 4 aromatic carbocycles. The van der Waals surface area contributed by atoms with Crippen molar-refractivity contribution in [3.63, 3.8) is 0 Å². The van der Waals surface area contributed by atoms with E-state index in [0.29, 0.717) is 0 Å². The number of aryl methyl sites for hydroxylation is 1. The van der Waals surface area contributed by atoms with Crippen LogP contribution in [-0.2, 0) is 5.54 Å². The lowest BCUT2D eigenvalue weighted by molar-refractivity contribution is 0.461. The van der Waals surface area contributed by atoms with Gasteiger partial charge in [0, 0.05) is 33.7 Å². The Balaban J connectivity index is 1.54. The van der Waals surface area contributed by atoms with Gasteiger partial charge in [0.1, 0.15) is 11.2 Å². The van der Waals surface area contributed by atoms with Crippen molar-refractivity contribution in [1.29, 1.82) is 0 Å². The molecule has 4 nitrogen and oxygen atoms in total. The fraction of sp³-hybridized carbons (Fsp3) is 0.0513. The predicted octanol–water partition coefficient (Wildman–Crippen LogP) is 9.59. The van der Waals surface area contributed by atoms with Gasteiger partial charge in [-0.05, 0) is 65.6 Å². The summed E-state index contributed by atoms with van der Waals surface area (Å²) < 4.78 is 3.16. The third-order valence-corrected chi connectivity index (χ3v) is 8.50. The molecule has 0 unspecified atom stereocenters. The van der Waals surface area contributed by atoms with E-state index < -0.39 is 5.54 Å². The summed E-state index contributed by atoms with van der Waals surface area (Å²) in [5.74, 6) is 0. The van der Waals surface area contributed by atoms with Crippen molar-refractivity contribution in [2.24, 2.45) is 0 Å². The van der Waals surface area contributed by atoms with Gasteiger partial charge in [-0.1, -0.05) is 125 Å². The van der Waals surface area contributed by atoms with Gasteiger partial charge < -0.3 is 0 Å². The molecule has 0 spiro atoms. The zero-order valence-corrected chi connectivity index (χ0v) is 25.8. The van der Waals surface area contributed by atoms with Gasteiger partial charge in [-0.25, -0.2) is 0 Å². The highest BCUT2D eigenvalue weighted by Gasteiger charge is 2.40. The summed E-state index contributed by atoms with van der Waals surface area (Å²) in [4.78, 5) is 9.66. The third-order valence-electron chi connectivity index (χ3n) is 7.97. The summed E-state index contributed by atoms with van der Waals surface area (Å²) in [7, 11) is 0. The Labute approximate surface area is 265 Å². The Morgan fingerprint density at radius 1 is 0.591 bits per heavy atom. The van der Waals surface area contributed by atoms with Gasteiger partial charge in [0.05, 0.1) is 11.4 Å². The van der Waals surface area contributed by atoms with Crippen LogP contribution in [0.1, 0.15) is 22.4 Å². The third kappa shape index (κ3) is 5.06. The van der Waals surface area contributed by atoms with Crippen molar-refractivity contribution in [1.82, 2.24) is 19.7 Å². The molecule has 0 saturated heterocycles. The first-order valence-electron chi connectivity index (χ1n) is 14.6. The molecular formula is C39H29BrN4. The number of rotatable bonds is 7. The first-order valence-corrected chi connectivity index (χ1v) is 15.4. The lowest BCUT2D eigenvalue weighted by Crippen LogP contribution is -2.38. The summed E-state index contributed by atoms with van der Waals surface area (Å²) in [6, 6.07) is 50.4. The molecule has 0 aliphatic rings. The van der Waals surface area contributed by atoms with Gasteiger partial charge in [0.15, 0.2) is 0 Å². The minimum Gasteiger partial charge on any atom is -0.256 e. The lowest BCUT2D eigenvalue weighted by atomic mass is 9.77. The molecule has 7 aromatic rings. The topological polar surface area (TPSA) is 43.6 Å². The highest BCUT2D eigenvalue weighted by Crippen LogP contribution is 2.43. The van der Waals surface area contributed by atoms with Gasteiger partial charge in [-0.3, -0.25) is 14.6 Å². The highest BCUT2D eigenvalue weighted by atomic mass is 79.9. The van der Waals surface area contributed by atoms with Crippen LogP contribution in [0.15, 0.2) is 162 Å². The molecule has 5 heteroatoms. The standard InChI is InChI=1S/C39H29BrN4/c1-28-12-11-19-36(42-28)38-35(30-24-25-41-37(26-30)29-20-22-34(40)23-21-29)27-44(43-38)39(31-13-5-2-6-14-31,32-15-7-3-8-16-32)33-17-9-4-10-18-33/h2-27H,1H3. The minimum atomic E-state index is -0.748. The summed E-state index contributed by atoms with van der Waals surface area (Å²) in [5.41, 5.74) is 9.10. The normalized spacial score (nSPS) is 11.4. The molecule has 0 saturated carbocycles. The Hall–Kier alpha value is -5.13. The molecule has 212 valence electrons. The summed E-state index contributed by atoms with van der Waals surface area (Å²) in [5, 5.41) is 5.44. The Morgan fingerprint density at radius 3 is 1.75 bits per heavy atom. The van der Waals surface area contributed by atoms with Crippen molar-refractivity contribution >= 4 is 15.9 Å². The molecule has 0 amide bonds. The zero-order chi connectivity index (χ0) is 29.9. The van der Waals surface area contributed by atoms with Crippen molar-refractivity contribution in [3.05, 3.63) is 185 Å². The van der Waals surface area contributed by atoms with Crippen LogP contribution in [-0.4, -0.2) is 19.7 Å². The molecule has 44 heavy (non-hydrogen) atoms. The summed E-state index contributed by atoms with van der Waals surface area (Å²) in [6.45, 7) is 2.01. The van der Waals surface area contributed by atoms with E-state index in [4.69, 9.17) is 15.1 Å². The van der Waals surface area contributed by atoms with Gasteiger partial charge in [-0.2, -0.15) is 5.10 Å². The fourth-order valence-electron chi connectivity index (χ4n) is 5.93. The molecule has 0 bridgehead atoms. The maximum absolute atomic E-state index is 5.44. The predicted molar refractivity (Wildman–Crippen MR) is 181 cm³/mol. The first-order chi connectivity index (χ1) is 21.6. The maximum Gasteiger partial charge on any atom is 0.138 e. The van der Waals surface area contributed by atoms with Gasteiger partial charge in [0.2, 0.25) is 0 Å². The fourth-order valence-corrected chi connectivity index (χ4v) is 6.20. The van der Waals surface area contributed by atoms with Crippen LogP contribution < -0.4 is 0 Å². The first kappa shape index (κ1) is 27.7. The number of pyridine rings is 2. The van der Waals surface area contributed by atoms with Crippen molar-refractivity contribution in [2.45, 2.75) is 12.5 Å². The van der Waals surface area contributed by atoms with Gasteiger partial charge in [-0.15, -0.1) is 0 Å². The van der Waals surface area contributed by atoms with E-state index in [-0.39, 0.29) is 0 Å². The van der Waals surface area contributed by atoms with Gasteiger partial charge >= 0.3 is 0 Å². The molecule has 0 fully saturated rings. The molecule has 7 rings (SSSR count). The monoisotopic (exact) mass is 632 g/mol. The number of halogens is 1. The largest absolute Gasteiger partial charge is 0.256 e. The quantitative estimate of drug-likeness (QED) is 0.164. The van der Waals surface area contributed by atoms with E-state index >= 15 is 0 Å². The van der Waals surface area contributed by atoms with Crippen LogP contribution in [0.4, 0.5) is 0 Å². The second-order valence-corrected chi connectivity index (χ2v) is 11.7. The smallest absolute Gasteiger partial charge is 0.138 e. The molecule has 3 heterocycles. The van der Waals surface area contributed by atoms with Gasteiger partial charge in [0.25, 0.3) is 0 Å². The molecule has 0 atom stereocenters. The van der Waals surface area contributed by atoms with E-state index in [1.54, 1.807) is 0 Å². The minimum absolute atomic E-state index is 0.748. The molecule has 0 N–H and O–H groups in total. The number of aromatic nitrogens is 4. The number of hydrogen-bond acceptors (Lipinski definition) is 3. The molecule has 0 aliphatic heterocycles. The van der Waals surface area contributed by atoms with E-state index in [2.05, 4.69) is 142 Å². The Bertz CT molecular complexity index is 1920. The van der Waals surface area contributed by atoms with E-state index in [9.17, 15) is 0 Å². The molecule has 0 radical (unpaired) electrons. The zero-order valence-electron chi connectivity index (χ0n) is 24.2. The van der Waals surface area contributed by atoms with Crippen molar-refractivity contribution < 1.29 is 0 Å². The molecular weight excluding hydrogens is 604 g/mol. The molecule has 3 aromatic heterocycles. The number of benzene rings is 4. The van der Waals surface area contributed by atoms with Crippen LogP contribution in [0.5, 0.6) is 0 Å². The average Bonchev–Trinajstić information content (AvgIpc) is 3.53. The van der Waals surface area contributed by atoms with Crippen LogP contribution in [0.25, 0.3) is 33.8 Å². The van der Waals surface area contributed by atoms with Crippen LogP contribution >= 0.6 is 15.9 Å². The second-order valence-electron chi connectivity index (χ2n) is 10.7. The number of hydrogen-bond donors (Lipinski definition) is 0. The van der Waals surface area contributed by atoms with Crippen LogP contribution in [0, 0.1) is 6.92 Å².